The van der Waals surface area contributed by atoms with Crippen molar-refractivity contribution in [3.05, 3.63) is 34.0 Å². The zero-order valence-electron chi connectivity index (χ0n) is 14.8. The van der Waals surface area contributed by atoms with Crippen molar-refractivity contribution in [1.29, 1.82) is 0 Å². The van der Waals surface area contributed by atoms with Crippen LogP contribution in [0.25, 0.3) is 5.69 Å². The summed E-state index contributed by atoms with van der Waals surface area (Å²) in [4.78, 5) is 12.3. The van der Waals surface area contributed by atoms with Crippen molar-refractivity contribution in [2.45, 2.75) is 43.5 Å². The molecule has 0 aliphatic heterocycles. The molecule has 1 aliphatic rings. The molecule has 1 aromatic carbocycles. The summed E-state index contributed by atoms with van der Waals surface area (Å²) in [5.41, 5.74) is 0.717. The monoisotopic (exact) mass is 411 g/mol. The van der Waals surface area contributed by atoms with Crippen LogP contribution >= 0.6 is 35.3 Å². The van der Waals surface area contributed by atoms with Gasteiger partial charge in [0.25, 0.3) is 0 Å². The highest BCUT2D eigenvalue weighted by atomic mass is 32.2. The van der Waals surface area contributed by atoms with Gasteiger partial charge in [-0.25, -0.2) is 9.07 Å². The van der Waals surface area contributed by atoms with E-state index in [0.717, 1.165) is 10.8 Å². The lowest BCUT2D eigenvalue weighted by Crippen LogP contribution is -2.44. The molecule has 3 rings (SSSR count). The van der Waals surface area contributed by atoms with Gasteiger partial charge in [-0.3, -0.25) is 4.79 Å². The summed E-state index contributed by atoms with van der Waals surface area (Å²) in [7, 11) is 0. The zero-order chi connectivity index (χ0) is 18.7. The van der Waals surface area contributed by atoms with Crippen molar-refractivity contribution < 1.29 is 9.18 Å². The third-order valence-electron chi connectivity index (χ3n) is 4.98. The fraction of sp³-hybridized carbons (Fsp3) is 0.500. The van der Waals surface area contributed by atoms with E-state index in [1.807, 2.05) is 0 Å². The van der Waals surface area contributed by atoms with Crippen molar-refractivity contribution in [2.75, 3.05) is 5.75 Å². The standard InChI is InChI=1S/C18H22FN3OS3/c1-11-4-3-5-15(12(11)2)20-16(23)10-25-17-21-22(18(24)26-17)14-8-6-13(19)7-9-14/h6-9,11-12,15H,3-5,10H2,1-2H3,(H,20,23)/t11-,12+,15-/m0/s1. The Hall–Kier alpha value is -1.25. The van der Waals surface area contributed by atoms with Gasteiger partial charge in [0.15, 0.2) is 8.29 Å². The quantitative estimate of drug-likeness (QED) is 0.565. The van der Waals surface area contributed by atoms with Crippen molar-refractivity contribution in [3.8, 4) is 5.69 Å². The number of amides is 1. The molecular formula is C18H22FN3OS3. The summed E-state index contributed by atoms with van der Waals surface area (Å²) in [5, 5.41) is 7.62. The zero-order valence-corrected chi connectivity index (χ0v) is 17.2. The number of rotatable bonds is 5. The van der Waals surface area contributed by atoms with E-state index in [1.54, 1.807) is 16.8 Å². The second-order valence-electron chi connectivity index (χ2n) is 6.75. The molecule has 0 radical (unpaired) electrons. The van der Waals surface area contributed by atoms with Crippen LogP contribution in [0.2, 0.25) is 0 Å². The maximum atomic E-state index is 13.1. The second-order valence-corrected chi connectivity index (χ2v) is 9.60. The summed E-state index contributed by atoms with van der Waals surface area (Å²) in [5.74, 6) is 1.22. The molecule has 1 aliphatic carbocycles. The van der Waals surface area contributed by atoms with Crippen LogP contribution in [0.5, 0.6) is 0 Å². The average Bonchev–Trinajstić information content (AvgIpc) is 2.99. The largest absolute Gasteiger partial charge is 0.352 e. The molecule has 1 heterocycles. The number of hydrogen-bond acceptors (Lipinski definition) is 5. The number of halogens is 1. The molecule has 1 fully saturated rings. The van der Waals surface area contributed by atoms with Gasteiger partial charge in [0.05, 0.1) is 11.4 Å². The van der Waals surface area contributed by atoms with Gasteiger partial charge < -0.3 is 5.32 Å². The number of hydrogen-bond donors (Lipinski definition) is 1. The summed E-state index contributed by atoms with van der Waals surface area (Å²) in [6, 6.07) is 6.29. The molecule has 3 atom stereocenters. The minimum Gasteiger partial charge on any atom is -0.352 e. The van der Waals surface area contributed by atoms with Gasteiger partial charge >= 0.3 is 0 Å². The van der Waals surface area contributed by atoms with Gasteiger partial charge in [0.2, 0.25) is 5.91 Å². The Balaban J connectivity index is 1.58. The lowest BCUT2D eigenvalue weighted by Gasteiger charge is -2.34. The normalized spacial score (nSPS) is 23.0. The Kier molecular flexibility index (Phi) is 6.47. The Bertz CT molecular complexity index is 818. The fourth-order valence-corrected chi connectivity index (χ4v) is 5.40. The lowest BCUT2D eigenvalue weighted by atomic mass is 9.78. The number of nitrogens with one attached hydrogen (secondary N) is 1. The van der Waals surface area contributed by atoms with E-state index in [0.29, 0.717) is 27.2 Å². The highest BCUT2D eigenvalue weighted by molar-refractivity contribution is 8.01. The molecule has 2 aromatic rings. The molecule has 4 nitrogen and oxygen atoms in total. The smallest absolute Gasteiger partial charge is 0.230 e. The molecule has 1 saturated carbocycles. The molecular weight excluding hydrogens is 389 g/mol. The van der Waals surface area contributed by atoms with Crippen LogP contribution in [0.1, 0.15) is 33.1 Å². The van der Waals surface area contributed by atoms with E-state index in [-0.39, 0.29) is 17.8 Å². The predicted octanol–water partition coefficient (Wildman–Crippen LogP) is 4.84. The molecule has 0 bridgehead atoms. The lowest BCUT2D eigenvalue weighted by molar-refractivity contribution is -0.119. The Morgan fingerprint density at radius 1 is 1.38 bits per heavy atom. The minimum atomic E-state index is -0.298. The van der Waals surface area contributed by atoms with E-state index < -0.39 is 0 Å². The van der Waals surface area contributed by atoms with Crippen molar-refractivity contribution in [3.63, 3.8) is 0 Å². The first kappa shape index (κ1) is 19.5. The van der Waals surface area contributed by atoms with Gasteiger partial charge in [0.1, 0.15) is 5.82 Å². The highest BCUT2D eigenvalue weighted by Crippen LogP contribution is 2.30. The highest BCUT2D eigenvalue weighted by Gasteiger charge is 2.28. The molecule has 140 valence electrons. The summed E-state index contributed by atoms with van der Waals surface area (Å²) >= 11 is 8.08. The van der Waals surface area contributed by atoms with Crippen LogP contribution in [0.4, 0.5) is 4.39 Å². The average molecular weight is 412 g/mol. The fourth-order valence-electron chi connectivity index (χ4n) is 3.23. The van der Waals surface area contributed by atoms with Gasteiger partial charge in [-0.05, 0) is 54.7 Å². The van der Waals surface area contributed by atoms with Crippen LogP contribution in [0, 0.1) is 21.6 Å². The van der Waals surface area contributed by atoms with Crippen molar-refractivity contribution in [1.82, 2.24) is 15.1 Å². The molecule has 0 spiro atoms. The van der Waals surface area contributed by atoms with E-state index in [1.165, 1.54) is 48.1 Å². The Morgan fingerprint density at radius 3 is 2.85 bits per heavy atom. The van der Waals surface area contributed by atoms with Gasteiger partial charge in [0, 0.05) is 6.04 Å². The predicted molar refractivity (Wildman–Crippen MR) is 107 cm³/mol. The van der Waals surface area contributed by atoms with Gasteiger partial charge in [-0.1, -0.05) is 49.8 Å². The van der Waals surface area contributed by atoms with Crippen molar-refractivity contribution in [2.24, 2.45) is 11.8 Å². The first-order chi connectivity index (χ1) is 12.4. The number of benzene rings is 1. The minimum absolute atomic E-state index is 0.0374. The van der Waals surface area contributed by atoms with E-state index in [4.69, 9.17) is 12.2 Å². The molecule has 0 saturated heterocycles. The number of nitrogens with zero attached hydrogens (tertiary/aromatic N) is 2. The molecule has 1 amide bonds. The van der Waals surface area contributed by atoms with Crippen molar-refractivity contribution >= 4 is 41.2 Å². The van der Waals surface area contributed by atoms with E-state index >= 15 is 0 Å². The maximum Gasteiger partial charge on any atom is 0.230 e. The second kappa shape index (κ2) is 8.63. The van der Waals surface area contributed by atoms with E-state index in [9.17, 15) is 9.18 Å². The Morgan fingerprint density at radius 2 is 2.12 bits per heavy atom. The number of carbonyl (C=O) groups excluding carboxylic acids is 1. The van der Waals surface area contributed by atoms with Gasteiger partial charge in [-0.15, -0.1) is 5.10 Å². The first-order valence-electron chi connectivity index (χ1n) is 8.72. The topological polar surface area (TPSA) is 46.9 Å². The van der Waals surface area contributed by atoms with Crippen LogP contribution in [0.3, 0.4) is 0 Å². The van der Waals surface area contributed by atoms with Crippen LogP contribution in [-0.2, 0) is 4.79 Å². The summed E-state index contributed by atoms with van der Waals surface area (Å²) in [6.45, 7) is 4.48. The number of carbonyl (C=O) groups is 1. The summed E-state index contributed by atoms with van der Waals surface area (Å²) in [6.07, 6.45) is 3.47. The third-order valence-corrected chi connectivity index (χ3v) is 7.35. The van der Waals surface area contributed by atoms with Gasteiger partial charge in [-0.2, -0.15) is 0 Å². The molecule has 0 unspecified atom stereocenters. The third kappa shape index (κ3) is 4.72. The van der Waals surface area contributed by atoms with Crippen LogP contribution in [0.15, 0.2) is 28.6 Å². The SMILES string of the molecule is C[C@H]1[C@@H](NC(=O)CSc2nn(-c3ccc(F)cc3)c(=S)s2)CCC[C@@H]1C. The Labute approximate surface area is 166 Å². The van der Waals surface area contributed by atoms with Crippen LogP contribution < -0.4 is 5.32 Å². The maximum absolute atomic E-state index is 13.1. The summed E-state index contributed by atoms with van der Waals surface area (Å²) < 4.78 is 16.0. The number of thioether (sulfide) groups is 1. The number of aromatic nitrogens is 2. The molecule has 1 aromatic heterocycles. The molecule has 1 N–H and O–H groups in total. The molecule has 26 heavy (non-hydrogen) atoms. The van der Waals surface area contributed by atoms with Crippen LogP contribution in [-0.4, -0.2) is 27.5 Å². The first-order valence-corrected chi connectivity index (χ1v) is 10.9. The molecule has 8 heteroatoms. The van der Waals surface area contributed by atoms with E-state index in [2.05, 4.69) is 24.3 Å².